The fourth-order valence-electron chi connectivity index (χ4n) is 2.47. The predicted octanol–water partition coefficient (Wildman–Crippen LogP) is 3.95. The Morgan fingerprint density at radius 3 is 2.29 bits per heavy atom. The van der Waals surface area contributed by atoms with E-state index in [1.807, 2.05) is 77.8 Å². The first kappa shape index (κ1) is 15.9. The predicted molar refractivity (Wildman–Crippen MR) is 94.2 cm³/mol. The van der Waals surface area contributed by atoms with E-state index in [2.05, 4.69) is 5.43 Å². The monoisotopic (exact) mass is 320 g/mol. The lowest BCUT2D eigenvalue weighted by Gasteiger charge is -2.25. The molecular weight excluding hydrogens is 300 g/mol. The quantitative estimate of drug-likeness (QED) is 0.670. The molecule has 0 fully saturated rings. The summed E-state index contributed by atoms with van der Waals surface area (Å²) in [6.07, 6.45) is 2.59. The Bertz CT molecular complexity index is 740. The zero-order chi connectivity index (χ0) is 16.6. The minimum Gasteiger partial charge on any atom is -0.469 e. The van der Waals surface area contributed by atoms with E-state index in [0.717, 1.165) is 17.0 Å². The van der Waals surface area contributed by atoms with Crippen molar-refractivity contribution in [2.75, 3.05) is 5.01 Å². The first-order chi connectivity index (χ1) is 11.8. The van der Waals surface area contributed by atoms with Gasteiger partial charge in [0.15, 0.2) is 0 Å². The molecule has 0 saturated heterocycles. The molecule has 0 atom stereocenters. The van der Waals surface area contributed by atoms with Gasteiger partial charge in [0, 0.05) is 12.8 Å². The van der Waals surface area contributed by atoms with Crippen LogP contribution in [0.25, 0.3) is 0 Å². The number of anilines is 1. The summed E-state index contributed by atoms with van der Waals surface area (Å²) in [5, 5.41) is 1.87. The van der Waals surface area contributed by atoms with Crippen LogP contribution in [-0.2, 0) is 17.8 Å². The van der Waals surface area contributed by atoms with Gasteiger partial charge in [0.1, 0.15) is 5.76 Å². The van der Waals surface area contributed by atoms with Gasteiger partial charge in [-0.3, -0.25) is 15.2 Å². The van der Waals surface area contributed by atoms with Crippen molar-refractivity contribution in [3.63, 3.8) is 0 Å². The summed E-state index contributed by atoms with van der Waals surface area (Å²) < 4.78 is 5.28. The van der Waals surface area contributed by atoms with E-state index in [-0.39, 0.29) is 5.91 Å². The van der Waals surface area contributed by atoms with E-state index >= 15 is 0 Å². The van der Waals surface area contributed by atoms with Crippen molar-refractivity contribution in [2.45, 2.75) is 19.4 Å². The van der Waals surface area contributed by atoms with Gasteiger partial charge in [-0.2, -0.15) is 0 Å². The van der Waals surface area contributed by atoms with Gasteiger partial charge < -0.3 is 4.42 Å². The number of carbonyl (C=O) groups excluding carboxylic acids is 1. The molecule has 4 heteroatoms. The molecule has 0 aliphatic heterocycles. The van der Waals surface area contributed by atoms with Crippen LogP contribution in [0.5, 0.6) is 0 Å². The lowest BCUT2D eigenvalue weighted by molar-refractivity contribution is -0.121. The number of nitrogens with zero attached hydrogens (tertiary/aromatic N) is 1. The smallest absolute Gasteiger partial charge is 0.238 e. The Hall–Kier alpha value is -3.01. The molecule has 0 saturated carbocycles. The maximum absolute atomic E-state index is 12.3. The summed E-state index contributed by atoms with van der Waals surface area (Å²) in [5.74, 6) is 0.783. The van der Waals surface area contributed by atoms with Crippen molar-refractivity contribution in [2.24, 2.45) is 0 Å². The molecule has 0 aliphatic rings. The molecule has 0 radical (unpaired) electrons. The highest BCUT2D eigenvalue weighted by molar-refractivity contribution is 5.78. The van der Waals surface area contributed by atoms with Crippen LogP contribution in [0.3, 0.4) is 0 Å². The Balaban J connectivity index is 1.66. The fourth-order valence-corrected chi connectivity index (χ4v) is 2.47. The van der Waals surface area contributed by atoms with Gasteiger partial charge in [-0.25, -0.2) is 0 Å². The van der Waals surface area contributed by atoms with Crippen molar-refractivity contribution in [3.8, 4) is 0 Å². The molecule has 4 nitrogen and oxygen atoms in total. The second-order valence-electron chi connectivity index (χ2n) is 5.52. The van der Waals surface area contributed by atoms with Gasteiger partial charge >= 0.3 is 0 Å². The molecule has 3 aromatic rings. The number of hydrogen-bond donors (Lipinski definition) is 1. The van der Waals surface area contributed by atoms with Crippen LogP contribution in [0.2, 0.25) is 0 Å². The van der Waals surface area contributed by atoms with Crippen LogP contribution in [0.4, 0.5) is 5.69 Å². The van der Waals surface area contributed by atoms with Crippen LogP contribution >= 0.6 is 0 Å². The lowest BCUT2D eigenvalue weighted by Crippen LogP contribution is -2.42. The number of hydrogen-bond acceptors (Lipinski definition) is 3. The van der Waals surface area contributed by atoms with Gasteiger partial charge in [0.05, 0.1) is 18.5 Å². The number of nitrogens with one attached hydrogen (secondary N) is 1. The number of aryl methyl sites for hydroxylation is 1. The van der Waals surface area contributed by atoms with Crippen molar-refractivity contribution >= 4 is 11.6 Å². The Morgan fingerprint density at radius 2 is 1.62 bits per heavy atom. The van der Waals surface area contributed by atoms with E-state index in [9.17, 15) is 4.79 Å². The van der Waals surface area contributed by atoms with Gasteiger partial charge in [-0.1, -0.05) is 48.5 Å². The third-order valence-corrected chi connectivity index (χ3v) is 3.69. The molecule has 122 valence electrons. The maximum Gasteiger partial charge on any atom is 0.238 e. The SMILES string of the molecule is O=C(CCc1ccco1)NN(Cc1ccccc1)c1ccccc1. The highest BCUT2D eigenvalue weighted by Crippen LogP contribution is 2.15. The Labute approximate surface area is 141 Å². The molecule has 0 aliphatic carbocycles. The van der Waals surface area contributed by atoms with E-state index in [1.165, 1.54) is 0 Å². The summed E-state index contributed by atoms with van der Waals surface area (Å²) in [4.78, 5) is 12.3. The van der Waals surface area contributed by atoms with Crippen molar-refractivity contribution in [1.82, 2.24) is 5.43 Å². The van der Waals surface area contributed by atoms with E-state index in [1.54, 1.807) is 6.26 Å². The standard InChI is InChI=1S/C20H20N2O2/c23-20(14-13-19-12-7-15-24-19)21-22(18-10-5-2-6-11-18)16-17-8-3-1-4-9-17/h1-12,15H,13-14,16H2,(H,21,23). The minimum atomic E-state index is -0.0359. The zero-order valence-corrected chi connectivity index (χ0v) is 13.4. The molecular formula is C20H20N2O2. The van der Waals surface area contributed by atoms with Crippen molar-refractivity contribution in [1.29, 1.82) is 0 Å². The Kier molecular flexibility index (Phi) is 5.30. The summed E-state index contributed by atoms with van der Waals surface area (Å²) >= 11 is 0. The number of hydrazine groups is 1. The lowest BCUT2D eigenvalue weighted by atomic mass is 10.2. The number of benzene rings is 2. The number of carbonyl (C=O) groups is 1. The Morgan fingerprint density at radius 1 is 0.917 bits per heavy atom. The van der Waals surface area contributed by atoms with E-state index in [4.69, 9.17) is 4.42 Å². The second kappa shape index (κ2) is 8.02. The zero-order valence-electron chi connectivity index (χ0n) is 13.4. The summed E-state index contributed by atoms with van der Waals surface area (Å²) in [6, 6.07) is 23.6. The normalized spacial score (nSPS) is 10.3. The molecule has 3 rings (SSSR count). The maximum atomic E-state index is 12.3. The van der Waals surface area contributed by atoms with Gasteiger partial charge in [-0.05, 0) is 29.8 Å². The highest BCUT2D eigenvalue weighted by Gasteiger charge is 2.11. The number of furan rings is 1. The first-order valence-electron chi connectivity index (χ1n) is 7.99. The number of para-hydroxylation sites is 1. The average Bonchev–Trinajstić information content (AvgIpc) is 3.15. The van der Waals surface area contributed by atoms with Gasteiger partial charge in [0.25, 0.3) is 0 Å². The van der Waals surface area contributed by atoms with Crippen LogP contribution < -0.4 is 10.4 Å². The minimum absolute atomic E-state index is 0.0359. The largest absolute Gasteiger partial charge is 0.469 e. The molecule has 0 unspecified atom stereocenters. The highest BCUT2D eigenvalue weighted by atomic mass is 16.3. The topological polar surface area (TPSA) is 45.5 Å². The summed E-state index contributed by atoms with van der Waals surface area (Å²) in [5.41, 5.74) is 5.08. The van der Waals surface area contributed by atoms with Gasteiger partial charge in [0.2, 0.25) is 5.91 Å². The summed E-state index contributed by atoms with van der Waals surface area (Å²) in [7, 11) is 0. The molecule has 0 spiro atoms. The molecule has 24 heavy (non-hydrogen) atoms. The van der Waals surface area contributed by atoms with Crippen LogP contribution in [-0.4, -0.2) is 5.91 Å². The fraction of sp³-hybridized carbons (Fsp3) is 0.150. The number of amides is 1. The molecule has 1 amide bonds. The van der Waals surface area contributed by atoms with E-state index < -0.39 is 0 Å². The first-order valence-corrected chi connectivity index (χ1v) is 7.99. The molecule has 1 aromatic heterocycles. The van der Waals surface area contributed by atoms with Gasteiger partial charge in [-0.15, -0.1) is 0 Å². The third kappa shape index (κ3) is 4.49. The van der Waals surface area contributed by atoms with Crippen LogP contribution in [0, 0.1) is 0 Å². The molecule has 2 aromatic carbocycles. The van der Waals surface area contributed by atoms with Crippen LogP contribution in [0.15, 0.2) is 83.5 Å². The number of rotatable bonds is 7. The second-order valence-corrected chi connectivity index (χ2v) is 5.52. The van der Waals surface area contributed by atoms with Crippen LogP contribution in [0.1, 0.15) is 17.7 Å². The van der Waals surface area contributed by atoms with Crippen molar-refractivity contribution in [3.05, 3.63) is 90.4 Å². The third-order valence-electron chi connectivity index (χ3n) is 3.69. The molecule has 1 heterocycles. The summed E-state index contributed by atoms with van der Waals surface area (Å²) in [6.45, 7) is 0.608. The van der Waals surface area contributed by atoms with E-state index in [0.29, 0.717) is 19.4 Å². The average molecular weight is 320 g/mol. The molecule has 0 bridgehead atoms. The van der Waals surface area contributed by atoms with Crippen molar-refractivity contribution < 1.29 is 9.21 Å². The molecule has 1 N–H and O–H groups in total.